The standard InChI is InChI=1S/C14H21ClN2O4/c1-5-6-17(13(19)14(2,3)9-15)7-11-16-10(8-21-11)12(18)20-4/h8H,5-7,9H2,1-4H3. The molecule has 0 unspecified atom stereocenters. The van der Waals surface area contributed by atoms with Gasteiger partial charge in [-0.1, -0.05) is 6.92 Å². The van der Waals surface area contributed by atoms with Crippen LogP contribution in [0.1, 0.15) is 43.6 Å². The minimum atomic E-state index is -0.658. The van der Waals surface area contributed by atoms with Crippen molar-refractivity contribution < 1.29 is 18.7 Å². The molecule has 0 aliphatic carbocycles. The number of oxazole rings is 1. The second-order valence-electron chi connectivity index (χ2n) is 5.36. The predicted octanol–water partition coefficient (Wildman–Crippen LogP) is 2.46. The number of methoxy groups -OCH3 is 1. The molecule has 0 radical (unpaired) electrons. The van der Waals surface area contributed by atoms with Gasteiger partial charge in [-0.2, -0.15) is 0 Å². The molecule has 6 nitrogen and oxygen atoms in total. The molecule has 0 fully saturated rings. The minimum absolute atomic E-state index is 0.0721. The number of esters is 1. The Bertz CT molecular complexity index is 499. The van der Waals surface area contributed by atoms with E-state index in [1.165, 1.54) is 13.4 Å². The number of carbonyl (C=O) groups is 2. The van der Waals surface area contributed by atoms with E-state index < -0.39 is 11.4 Å². The monoisotopic (exact) mass is 316 g/mol. The highest BCUT2D eigenvalue weighted by Gasteiger charge is 2.31. The summed E-state index contributed by atoms with van der Waals surface area (Å²) < 4.78 is 9.78. The highest BCUT2D eigenvalue weighted by molar-refractivity contribution is 6.19. The van der Waals surface area contributed by atoms with Crippen molar-refractivity contribution in [3.63, 3.8) is 0 Å². The van der Waals surface area contributed by atoms with Crippen molar-refractivity contribution in [2.45, 2.75) is 33.7 Å². The Balaban J connectivity index is 2.86. The Labute approximate surface area is 129 Å². The lowest BCUT2D eigenvalue weighted by atomic mass is 9.94. The molecule has 1 heterocycles. The molecule has 0 N–H and O–H groups in total. The van der Waals surface area contributed by atoms with Crippen molar-refractivity contribution in [3.05, 3.63) is 17.8 Å². The molecular formula is C14H21ClN2O4. The van der Waals surface area contributed by atoms with E-state index in [9.17, 15) is 9.59 Å². The molecule has 0 atom stereocenters. The number of nitrogens with zero attached hydrogens (tertiary/aromatic N) is 2. The lowest BCUT2D eigenvalue weighted by molar-refractivity contribution is -0.140. The van der Waals surface area contributed by atoms with Crippen LogP contribution in [0.2, 0.25) is 0 Å². The SMILES string of the molecule is CCCN(Cc1nc(C(=O)OC)co1)C(=O)C(C)(C)CCl. The summed E-state index contributed by atoms with van der Waals surface area (Å²) in [5.74, 6) is -0.121. The van der Waals surface area contributed by atoms with Gasteiger partial charge in [0.15, 0.2) is 5.69 Å². The lowest BCUT2D eigenvalue weighted by Crippen LogP contribution is -2.42. The molecular weight excluding hydrogens is 296 g/mol. The zero-order chi connectivity index (χ0) is 16.0. The van der Waals surface area contributed by atoms with Crippen molar-refractivity contribution in [2.24, 2.45) is 5.41 Å². The molecule has 1 amide bonds. The van der Waals surface area contributed by atoms with Gasteiger partial charge >= 0.3 is 5.97 Å². The van der Waals surface area contributed by atoms with Gasteiger partial charge in [0.25, 0.3) is 0 Å². The second kappa shape index (κ2) is 7.45. The third-order valence-corrected chi connectivity index (χ3v) is 3.63. The predicted molar refractivity (Wildman–Crippen MR) is 78.1 cm³/mol. The van der Waals surface area contributed by atoms with E-state index in [2.05, 4.69) is 9.72 Å². The van der Waals surface area contributed by atoms with Gasteiger partial charge in [-0.25, -0.2) is 9.78 Å². The maximum Gasteiger partial charge on any atom is 0.360 e. The van der Waals surface area contributed by atoms with E-state index in [0.29, 0.717) is 12.4 Å². The van der Waals surface area contributed by atoms with Crippen LogP contribution in [0.15, 0.2) is 10.7 Å². The molecule has 1 aromatic heterocycles. The van der Waals surface area contributed by atoms with Gasteiger partial charge in [0.1, 0.15) is 6.26 Å². The van der Waals surface area contributed by atoms with Crippen molar-refractivity contribution in [2.75, 3.05) is 19.5 Å². The topological polar surface area (TPSA) is 72.6 Å². The van der Waals surface area contributed by atoms with E-state index in [1.54, 1.807) is 18.7 Å². The number of carbonyl (C=O) groups excluding carboxylic acids is 2. The van der Waals surface area contributed by atoms with Crippen LogP contribution in [-0.4, -0.2) is 41.3 Å². The first kappa shape index (κ1) is 17.5. The number of hydrogen-bond donors (Lipinski definition) is 0. The van der Waals surface area contributed by atoms with Crippen LogP contribution < -0.4 is 0 Å². The number of alkyl halides is 1. The summed E-state index contributed by atoms with van der Waals surface area (Å²) in [6, 6.07) is 0. The minimum Gasteiger partial charge on any atom is -0.464 e. The number of aromatic nitrogens is 1. The molecule has 1 aromatic rings. The summed E-state index contributed by atoms with van der Waals surface area (Å²) in [7, 11) is 1.27. The average Bonchev–Trinajstić information content (AvgIpc) is 2.93. The van der Waals surface area contributed by atoms with Crippen LogP contribution in [0.4, 0.5) is 0 Å². The largest absolute Gasteiger partial charge is 0.464 e. The fraction of sp³-hybridized carbons (Fsp3) is 0.643. The Morgan fingerprint density at radius 3 is 2.67 bits per heavy atom. The third kappa shape index (κ3) is 4.46. The van der Waals surface area contributed by atoms with Crippen LogP contribution in [0.5, 0.6) is 0 Å². The van der Waals surface area contributed by atoms with E-state index in [1.807, 2.05) is 6.92 Å². The van der Waals surface area contributed by atoms with E-state index in [0.717, 1.165) is 6.42 Å². The highest BCUT2D eigenvalue weighted by Crippen LogP contribution is 2.22. The Kier molecular flexibility index (Phi) is 6.20. The van der Waals surface area contributed by atoms with Crippen LogP contribution in [0, 0.1) is 5.41 Å². The molecule has 118 valence electrons. The first-order valence-corrected chi connectivity index (χ1v) is 7.27. The van der Waals surface area contributed by atoms with Crippen LogP contribution in [0.25, 0.3) is 0 Å². The number of hydrogen-bond acceptors (Lipinski definition) is 5. The summed E-state index contributed by atoms with van der Waals surface area (Å²) in [4.78, 5) is 29.5. The Hall–Kier alpha value is -1.56. The molecule has 0 saturated heterocycles. The van der Waals surface area contributed by atoms with Gasteiger partial charge in [0.05, 0.1) is 19.1 Å². The van der Waals surface area contributed by atoms with Gasteiger partial charge in [-0.3, -0.25) is 4.79 Å². The molecule has 0 aliphatic rings. The third-order valence-electron chi connectivity index (χ3n) is 2.97. The fourth-order valence-electron chi connectivity index (χ4n) is 1.75. The maximum absolute atomic E-state index is 12.5. The van der Waals surface area contributed by atoms with E-state index >= 15 is 0 Å². The normalized spacial score (nSPS) is 11.3. The quantitative estimate of drug-likeness (QED) is 0.570. The average molecular weight is 317 g/mol. The summed E-state index contributed by atoms with van der Waals surface area (Å²) >= 11 is 5.85. The Morgan fingerprint density at radius 2 is 2.14 bits per heavy atom. The molecule has 0 aromatic carbocycles. The summed E-state index contributed by atoms with van der Waals surface area (Å²) in [6.45, 7) is 6.32. The zero-order valence-corrected chi connectivity index (χ0v) is 13.6. The fourth-order valence-corrected chi connectivity index (χ4v) is 1.87. The van der Waals surface area contributed by atoms with Crippen LogP contribution in [0.3, 0.4) is 0 Å². The smallest absolute Gasteiger partial charge is 0.360 e. The number of rotatable bonds is 7. The van der Waals surface area contributed by atoms with Gasteiger partial charge in [0, 0.05) is 12.4 Å². The first-order chi connectivity index (χ1) is 9.85. The highest BCUT2D eigenvalue weighted by atomic mass is 35.5. The van der Waals surface area contributed by atoms with Crippen LogP contribution in [-0.2, 0) is 16.1 Å². The number of halogens is 1. The van der Waals surface area contributed by atoms with Gasteiger partial charge in [-0.05, 0) is 20.3 Å². The van der Waals surface area contributed by atoms with Crippen molar-refractivity contribution in [1.29, 1.82) is 0 Å². The van der Waals surface area contributed by atoms with Crippen molar-refractivity contribution in [3.8, 4) is 0 Å². The van der Waals surface area contributed by atoms with E-state index in [-0.39, 0.29) is 24.0 Å². The molecule has 7 heteroatoms. The number of ether oxygens (including phenoxy) is 1. The Morgan fingerprint density at radius 1 is 1.48 bits per heavy atom. The molecule has 21 heavy (non-hydrogen) atoms. The van der Waals surface area contributed by atoms with Gasteiger partial charge in [-0.15, -0.1) is 11.6 Å². The van der Waals surface area contributed by atoms with E-state index in [4.69, 9.17) is 16.0 Å². The van der Waals surface area contributed by atoms with Gasteiger partial charge < -0.3 is 14.1 Å². The summed E-state index contributed by atoms with van der Waals surface area (Å²) in [5.41, 5.74) is -0.567. The summed E-state index contributed by atoms with van der Waals surface area (Å²) in [5, 5.41) is 0. The van der Waals surface area contributed by atoms with Gasteiger partial charge in [0.2, 0.25) is 11.8 Å². The summed E-state index contributed by atoms with van der Waals surface area (Å²) in [6.07, 6.45) is 2.02. The van der Waals surface area contributed by atoms with Crippen molar-refractivity contribution >= 4 is 23.5 Å². The lowest BCUT2D eigenvalue weighted by Gasteiger charge is -2.29. The molecule has 0 spiro atoms. The second-order valence-corrected chi connectivity index (χ2v) is 5.63. The molecule has 1 rings (SSSR count). The number of amides is 1. The molecule has 0 saturated carbocycles. The van der Waals surface area contributed by atoms with Crippen LogP contribution >= 0.6 is 11.6 Å². The molecule has 0 bridgehead atoms. The first-order valence-electron chi connectivity index (χ1n) is 6.73. The zero-order valence-electron chi connectivity index (χ0n) is 12.8. The molecule has 0 aliphatic heterocycles. The van der Waals surface area contributed by atoms with Crippen molar-refractivity contribution in [1.82, 2.24) is 9.88 Å². The maximum atomic E-state index is 12.5.